The number of urea groups is 1. The number of rotatable bonds is 5. The standard InChI is InChI=1S/C17H28N4O3/c22-15(13-3-4-13)18-7-8-19-16(23)14-5-11-21(12-6-14)17(24)20-9-1-2-10-20/h13-14H,1-12H2,(H,18,22)(H,19,23). The van der Waals surface area contributed by atoms with E-state index in [2.05, 4.69) is 10.6 Å². The van der Waals surface area contributed by atoms with Crippen LogP contribution in [0.3, 0.4) is 0 Å². The molecule has 7 heteroatoms. The second-order valence-electron chi connectivity index (χ2n) is 7.09. The van der Waals surface area contributed by atoms with Crippen molar-refractivity contribution in [2.75, 3.05) is 39.3 Å². The summed E-state index contributed by atoms with van der Waals surface area (Å²) in [4.78, 5) is 39.8. The van der Waals surface area contributed by atoms with Gasteiger partial charge in [0.1, 0.15) is 0 Å². The largest absolute Gasteiger partial charge is 0.354 e. The Hall–Kier alpha value is -1.79. The van der Waals surface area contributed by atoms with Crippen molar-refractivity contribution in [3.8, 4) is 0 Å². The van der Waals surface area contributed by atoms with Crippen LogP contribution < -0.4 is 10.6 Å². The number of amides is 4. The average Bonchev–Trinajstić information content (AvgIpc) is 3.32. The summed E-state index contributed by atoms with van der Waals surface area (Å²) in [5.74, 6) is 0.340. The monoisotopic (exact) mass is 336 g/mol. The molecule has 4 amide bonds. The van der Waals surface area contributed by atoms with Crippen molar-refractivity contribution in [2.45, 2.75) is 38.5 Å². The van der Waals surface area contributed by atoms with Gasteiger partial charge in [-0.2, -0.15) is 0 Å². The minimum absolute atomic E-state index is 0.0215. The van der Waals surface area contributed by atoms with Gasteiger partial charge in [0.15, 0.2) is 0 Å². The molecule has 0 aromatic carbocycles. The molecule has 0 radical (unpaired) electrons. The van der Waals surface area contributed by atoms with Crippen molar-refractivity contribution in [1.82, 2.24) is 20.4 Å². The van der Waals surface area contributed by atoms with Crippen LogP contribution in [0.2, 0.25) is 0 Å². The fourth-order valence-electron chi connectivity index (χ4n) is 3.45. The van der Waals surface area contributed by atoms with E-state index in [1.54, 1.807) is 0 Å². The first-order valence-electron chi connectivity index (χ1n) is 9.24. The number of likely N-dealkylation sites (tertiary alicyclic amines) is 2. The molecule has 1 aliphatic carbocycles. The number of piperidine rings is 1. The third-order valence-corrected chi connectivity index (χ3v) is 5.18. The molecule has 2 heterocycles. The Morgan fingerprint density at radius 1 is 0.708 bits per heavy atom. The predicted molar refractivity (Wildman–Crippen MR) is 89.2 cm³/mol. The van der Waals surface area contributed by atoms with Gasteiger partial charge < -0.3 is 20.4 Å². The molecule has 24 heavy (non-hydrogen) atoms. The fraction of sp³-hybridized carbons (Fsp3) is 0.824. The second kappa shape index (κ2) is 7.85. The van der Waals surface area contributed by atoms with E-state index >= 15 is 0 Å². The lowest BCUT2D eigenvalue weighted by atomic mass is 9.96. The molecule has 0 atom stereocenters. The number of carbonyl (C=O) groups excluding carboxylic acids is 3. The summed E-state index contributed by atoms with van der Waals surface area (Å²) in [6.45, 7) is 4.02. The molecular weight excluding hydrogens is 308 g/mol. The molecule has 0 bridgehead atoms. The van der Waals surface area contributed by atoms with Crippen molar-refractivity contribution >= 4 is 17.8 Å². The van der Waals surface area contributed by atoms with Crippen LogP contribution in [0.5, 0.6) is 0 Å². The van der Waals surface area contributed by atoms with Gasteiger partial charge in [0, 0.05) is 51.1 Å². The number of nitrogens with zero attached hydrogens (tertiary/aromatic N) is 2. The summed E-state index contributed by atoms with van der Waals surface area (Å²) < 4.78 is 0. The molecule has 2 aliphatic heterocycles. The minimum Gasteiger partial charge on any atom is -0.354 e. The molecule has 3 aliphatic rings. The molecule has 3 fully saturated rings. The Bertz CT molecular complexity index is 478. The molecule has 0 spiro atoms. The van der Waals surface area contributed by atoms with Crippen molar-refractivity contribution < 1.29 is 14.4 Å². The highest BCUT2D eigenvalue weighted by molar-refractivity contribution is 5.81. The molecule has 7 nitrogen and oxygen atoms in total. The van der Waals surface area contributed by atoms with Gasteiger partial charge >= 0.3 is 6.03 Å². The lowest BCUT2D eigenvalue weighted by Crippen LogP contribution is -2.48. The zero-order valence-electron chi connectivity index (χ0n) is 14.3. The van der Waals surface area contributed by atoms with Crippen LogP contribution >= 0.6 is 0 Å². The van der Waals surface area contributed by atoms with Gasteiger partial charge in [-0.3, -0.25) is 9.59 Å². The third-order valence-electron chi connectivity index (χ3n) is 5.18. The fourth-order valence-corrected chi connectivity index (χ4v) is 3.45. The maximum absolute atomic E-state index is 12.3. The lowest BCUT2D eigenvalue weighted by molar-refractivity contribution is -0.126. The molecule has 0 aromatic rings. The number of carbonyl (C=O) groups is 3. The van der Waals surface area contributed by atoms with Crippen LogP contribution in [-0.2, 0) is 9.59 Å². The van der Waals surface area contributed by atoms with Crippen molar-refractivity contribution in [2.24, 2.45) is 11.8 Å². The highest BCUT2D eigenvalue weighted by atomic mass is 16.2. The zero-order chi connectivity index (χ0) is 16.9. The second-order valence-corrected chi connectivity index (χ2v) is 7.09. The zero-order valence-corrected chi connectivity index (χ0v) is 14.3. The van der Waals surface area contributed by atoms with E-state index in [9.17, 15) is 14.4 Å². The number of hydrogen-bond acceptors (Lipinski definition) is 3. The third kappa shape index (κ3) is 4.39. The van der Waals surface area contributed by atoms with Gasteiger partial charge in [-0.05, 0) is 38.5 Å². The maximum Gasteiger partial charge on any atom is 0.319 e. The van der Waals surface area contributed by atoms with E-state index in [1.165, 1.54) is 0 Å². The first kappa shape index (κ1) is 17.0. The Morgan fingerprint density at radius 2 is 1.17 bits per heavy atom. The van der Waals surface area contributed by atoms with Crippen LogP contribution in [0.4, 0.5) is 4.79 Å². The van der Waals surface area contributed by atoms with Crippen molar-refractivity contribution in [3.63, 3.8) is 0 Å². The van der Waals surface area contributed by atoms with Crippen LogP contribution in [0.25, 0.3) is 0 Å². The van der Waals surface area contributed by atoms with E-state index in [4.69, 9.17) is 0 Å². The smallest absolute Gasteiger partial charge is 0.319 e. The van der Waals surface area contributed by atoms with Crippen LogP contribution in [0.15, 0.2) is 0 Å². The summed E-state index contributed by atoms with van der Waals surface area (Å²) in [5.41, 5.74) is 0. The molecule has 2 N–H and O–H groups in total. The lowest BCUT2D eigenvalue weighted by Gasteiger charge is -2.34. The first-order valence-corrected chi connectivity index (χ1v) is 9.24. The van der Waals surface area contributed by atoms with Crippen LogP contribution in [-0.4, -0.2) is 66.9 Å². The average molecular weight is 336 g/mol. The molecular formula is C17H28N4O3. The van der Waals surface area contributed by atoms with E-state index < -0.39 is 0 Å². The normalized spacial score (nSPS) is 21.7. The summed E-state index contributed by atoms with van der Waals surface area (Å²) in [5, 5.41) is 5.74. The van der Waals surface area contributed by atoms with Gasteiger partial charge in [0.25, 0.3) is 0 Å². The van der Waals surface area contributed by atoms with Gasteiger partial charge in [-0.15, -0.1) is 0 Å². The van der Waals surface area contributed by atoms with Gasteiger partial charge in [0.2, 0.25) is 11.8 Å². The molecule has 1 saturated carbocycles. The Labute approximate surface area is 143 Å². The number of nitrogens with one attached hydrogen (secondary N) is 2. The van der Waals surface area contributed by atoms with Gasteiger partial charge in [-0.1, -0.05) is 0 Å². The molecule has 0 aromatic heterocycles. The van der Waals surface area contributed by atoms with E-state index in [0.29, 0.717) is 26.2 Å². The Balaban J connectivity index is 1.31. The van der Waals surface area contributed by atoms with Crippen molar-refractivity contribution in [3.05, 3.63) is 0 Å². The summed E-state index contributed by atoms with van der Waals surface area (Å²) in [7, 11) is 0. The molecule has 134 valence electrons. The molecule has 3 rings (SSSR count). The quantitative estimate of drug-likeness (QED) is 0.720. The first-order chi connectivity index (χ1) is 11.6. The topological polar surface area (TPSA) is 81.8 Å². The number of hydrogen-bond donors (Lipinski definition) is 2. The van der Waals surface area contributed by atoms with Crippen LogP contribution in [0.1, 0.15) is 38.5 Å². The van der Waals surface area contributed by atoms with Crippen molar-refractivity contribution in [1.29, 1.82) is 0 Å². The van der Waals surface area contributed by atoms with Crippen LogP contribution in [0, 0.1) is 11.8 Å². The minimum atomic E-state index is -0.0215. The molecule has 0 unspecified atom stereocenters. The van der Waals surface area contributed by atoms with Gasteiger partial charge in [-0.25, -0.2) is 4.79 Å². The highest BCUT2D eigenvalue weighted by Crippen LogP contribution is 2.28. The summed E-state index contributed by atoms with van der Waals surface area (Å²) in [6.07, 6.45) is 5.63. The predicted octanol–water partition coefficient (Wildman–Crippen LogP) is 0.557. The Kier molecular flexibility index (Phi) is 5.58. The molecule has 2 saturated heterocycles. The Morgan fingerprint density at radius 3 is 1.67 bits per heavy atom. The summed E-state index contributed by atoms with van der Waals surface area (Å²) >= 11 is 0. The SMILES string of the molecule is O=C(NCCNC(=O)C1CCN(C(=O)N2CCCC2)CC1)C1CC1. The highest BCUT2D eigenvalue weighted by Gasteiger charge is 2.31. The van der Waals surface area contributed by atoms with Gasteiger partial charge in [0.05, 0.1) is 0 Å². The van der Waals surface area contributed by atoms with E-state index in [-0.39, 0.29) is 29.7 Å². The summed E-state index contributed by atoms with van der Waals surface area (Å²) in [6, 6.07) is 0.133. The van der Waals surface area contributed by atoms with E-state index in [1.807, 2.05) is 9.80 Å². The van der Waals surface area contributed by atoms with E-state index in [0.717, 1.165) is 51.6 Å². The maximum atomic E-state index is 12.3.